The van der Waals surface area contributed by atoms with E-state index >= 15 is 0 Å². The summed E-state index contributed by atoms with van der Waals surface area (Å²) in [7, 11) is 0. The molecule has 3 nitrogen and oxygen atoms in total. The van der Waals surface area contributed by atoms with E-state index in [9.17, 15) is 0 Å². The van der Waals surface area contributed by atoms with Gasteiger partial charge in [0.25, 0.3) is 0 Å². The predicted molar refractivity (Wildman–Crippen MR) is 197 cm³/mol. The molecule has 0 saturated heterocycles. The smallest absolute Gasteiger partial charge is 0.135 e. The van der Waals surface area contributed by atoms with Gasteiger partial charge in [0, 0.05) is 43.7 Å². The van der Waals surface area contributed by atoms with Gasteiger partial charge < -0.3 is 13.6 Å². The number of aromatic nitrogens is 2. The lowest BCUT2D eigenvalue weighted by Gasteiger charge is -2.11. The highest BCUT2D eigenvalue weighted by Gasteiger charge is 2.20. The summed E-state index contributed by atoms with van der Waals surface area (Å²) in [5.41, 5.74) is 11.4. The molecule has 11 rings (SSSR count). The van der Waals surface area contributed by atoms with Crippen LogP contribution >= 0.6 is 0 Å². The van der Waals surface area contributed by atoms with E-state index in [1.54, 1.807) is 0 Å². The summed E-state index contributed by atoms with van der Waals surface area (Å²) in [6.45, 7) is 0. The van der Waals surface area contributed by atoms with Crippen LogP contribution < -0.4 is 0 Å². The van der Waals surface area contributed by atoms with E-state index in [1.807, 2.05) is 12.1 Å². The Morgan fingerprint density at radius 1 is 0.340 bits per heavy atom. The predicted octanol–water partition coefficient (Wildman–Crippen LogP) is 12.0. The van der Waals surface area contributed by atoms with Gasteiger partial charge in [-0.1, -0.05) is 84.9 Å². The van der Waals surface area contributed by atoms with Crippen LogP contribution in [-0.2, 0) is 0 Å². The number of furan rings is 1. The summed E-state index contributed by atoms with van der Waals surface area (Å²) in [4.78, 5) is 0. The molecule has 3 heterocycles. The average molecular weight is 599 g/mol. The van der Waals surface area contributed by atoms with Gasteiger partial charge in [0.1, 0.15) is 11.2 Å². The molecule has 0 aliphatic rings. The van der Waals surface area contributed by atoms with Gasteiger partial charge in [0.2, 0.25) is 0 Å². The maximum atomic E-state index is 6.16. The second-order valence-corrected chi connectivity index (χ2v) is 12.6. The van der Waals surface area contributed by atoms with Gasteiger partial charge >= 0.3 is 0 Å². The molecule has 8 aromatic carbocycles. The maximum Gasteiger partial charge on any atom is 0.135 e. The molecule has 11 aromatic rings. The molecule has 218 valence electrons. The van der Waals surface area contributed by atoms with Crippen LogP contribution in [0.4, 0.5) is 0 Å². The van der Waals surface area contributed by atoms with Gasteiger partial charge in [-0.3, -0.25) is 0 Å². The second-order valence-electron chi connectivity index (χ2n) is 12.6. The molecule has 3 heteroatoms. The zero-order valence-corrected chi connectivity index (χ0v) is 25.3. The van der Waals surface area contributed by atoms with Crippen molar-refractivity contribution in [3.8, 4) is 22.5 Å². The topological polar surface area (TPSA) is 23.0 Å². The number of hydrogen-bond donors (Lipinski definition) is 0. The Balaban J connectivity index is 1.20. The van der Waals surface area contributed by atoms with Crippen LogP contribution in [0.25, 0.3) is 98.8 Å². The third-order valence-corrected chi connectivity index (χ3v) is 10.0. The molecular formula is C44H26N2O. The minimum Gasteiger partial charge on any atom is -0.456 e. The first kappa shape index (κ1) is 24.9. The fourth-order valence-corrected chi connectivity index (χ4v) is 8.00. The molecule has 0 radical (unpaired) electrons. The molecule has 0 spiro atoms. The van der Waals surface area contributed by atoms with E-state index in [0.717, 1.165) is 27.6 Å². The molecule has 0 fully saturated rings. The minimum atomic E-state index is 0.916. The van der Waals surface area contributed by atoms with E-state index in [-0.39, 0.29) is 0 Å². The Morgan fingerprint density at radius 2 is 1.06 bits per heavy atom. The van der Waals surface area contributed by atoms with Crippen LogP contribution in [0.5, 0.6) is 0 Å². The third kappa shape index (κ3) is 3.40. The molecular weight excluding hydrogens is 572 g/mol. The van der Waals surface area contributed by atoms with Crippen LogP contribution in [0.2, 0.25) is 0 Å². The number of fused-ring (bicyclic) bond motifs is 6. The van der Waals surface area contributed by atoms with Gasteiger partial charge in [-0.05, 0) is 94.7 Å². The first-order valence-corrected chi connectivity index (χ1v) is 16.1. The first-order valence-electron chi connectivity index (χ1n) is 16.1. The molecule has 0 N–H and O–H groups in total. The highest BCUT2D eigenvalue weighted by molar-refractivity contribution is 6.25. The summed E-state index contributed by atoms with van der Waals surface area (Å²) in [5, 5.41) is 9.92. The van der Waals surface area contributed by atoms with Crippen molar-refractivity contribution in [3.63, 3.8) is 0 Å². The normalized spacial score (nSPS) is 12.3. The summed E-state index contributed by atoms with van der Waals surface area (Å²) in [6.07, 6.45) is 0. The molecule has 0 aliphatic heterocycles. The largest absolute Gasteiger partial charge is 0.456 e. The Hall–Kier alpha value is -6.32. The summed E-state index contributed by atoms with van der Waals surface area (Å²) in [5.74, 6) is 0. The van der Waals surface area contributed by atoms with Crippen molar-refractivity contribution in [2.75, 3.05) is 0 Å². The van der Waals surface area contributed by atoms with Gasteiger partial charge in [-0.25, -0.2) is 0 Å². The van der Waals surface area contributed by atoms with E-state index in [4.69, 9.17) is 4.42 Å². The van der Waals surface area contributed by atoms with Crippen molar-refractivity contribution in [1.82, 2.24) is 9.13 Å². The maximum absolute atomic E-state index is 6.16. The minimum absolute atomic E-state index is 0.916. The molecule has 0 bridgehead atoms. The molecule has 0 aliphatic carbocycles. The number of hydrogen-bond acceptors (Lipinski definition) is 1. The number of para-hydroxylation sites is 3. The Morgan fingerprint density at radius 3 is 2.00 bits per heavy atom. The van der Waals surface area contributed by atoms with Crippen LogP contribution in [0.1, 0.15) is 0 Å². The molecule has 0 amide bonds. The van der Waals surface area contributed by atoms with Crippen LogP contribution in [0.3, 0.4) is 0 Å². The van der Waals surface area contributed by atoms with Gasteiger partial charge in [0.05, 0.1) is 22.1 Å². The van der Waals surface area contributed by atoms with Crippen molar-refractivity contribution >= 4 is 76.3 Å². The van der Waals surface area contributed by atoms with Gasteiger partial charge in [0.15, 0.2) is 0 Å². The van der Waals surface area contributed by atoms with E-state index < -0.39 is 0 Å². The van der Waals surface area contributed by atoms with Crippen LogP contribution in [0, 0.1) is 0 Å². The Labute approximate surface area is 269 Å². The fourth-order valence-electron chi connectivity index (χ4n) is 8.00. The first-order chi connectivity index (χ1) is 23.3. The third-order valence-electron chi connectivity index (χ3n) is 10.0. The molecule has 47 heavy (non-hydrogen) atoms. The summed E-state index contributed by atoms with van der Waals surface area (Å²) in [6, 6.07) is 57.2. The summed E-state index contributed by atoms with van der Waals surface area (Å²) >= 11 is 0. The molecule has 0 atom stereocenters. The second kappa shape index (κ2) is 9.12. The zero-order valence-electron chi connectivity index (χ0n) is 25.3. The lowest BCUT2D eigenvalue weighted by molar-refractivity contribution is 0.669. The van der Waals surface area contributed by atoms with E-state index in [0.29, 0.717) is 0 Å². The average Bonchev–Trinajstić information content (AvgIpc) is 3.78. The molecule has 0 unspecified atom stereocenters. The van der Waals surface area contributed by atoms with Crippen molar-refractivity contribution in [3.05, 3.63) is 158 Å². The Bertz CT molecular complexity index is 3010. The highest BCUT2D eigenvalue weighted by Crippen LogP contribution is 2.43. The quantitative estimate of drug-likeness (QED) is 0.186. The van der Waals surface area contributed by atoms with Crippen molar-refractivity contribution < 1.29 is 4.42 Å². The number of benzene rings is 8. The van der Waals surface area contributed by atoms with Crippen molar-refractivity contribution in [1.29, 1.82) is 0 Å². The lowest BCUT2D eigenvalue weighted by atomic mass is 9.96. The fraction of sp³-hybridized carbons (Fsp3) is 0. The molecule has 0 saturated carbocycles. The van der Waals surface area contributed by atoms with E-state index in [2.05, 4.69) is 155 Å². The Kier molecular flexibility index (Phi) is 4.84. The lowest BCUT2D eigenvalue weighted by Crippen LogP contribution is -1.95. The number of rotatable bonds is 3. The van der Waals surface area contributed by atoms with Gasteiger partial charge in [-0.2, -0.15) is 0 Å². The number of nitrogens with zero attached hydrogens (tertiary/aromatic N) is 2. The summed E-state index contributed by atoms with van der Waals surface area (Å²) < 4.78 is 11.0. The SMILES string of the molecule is c1ccc(-n2c3ccccc3c3cc(-n4c5cccc6ccc7cc(-c8ccc9oc%10ccccc%10c9c8)cc4c7c65)ccc32)cc1. The van der Waals surface area contributed by atoms with Crippen molar-refractivity contribution in [2.45, 2.75) is 0 Å². The standard InChI is InChI=1S/C44H26N2O/c1-2-10-31(11-3-1)45-37-14-6-4-12-33(37)35-26-32(20-21-38(35)45)46-39-15-8-9-27-17-18-29-23-30(25-40(46)44(29)43(27)39)28-19-22-42-36(24-28)34-13-5-7-16-41(34)47-42/h1-26H. The highest BCUT2D eigenvalue weighted by atomic mass is 16.3. The van der Waals surface area contributed by atoms with Crippen LogP contribution in [0.15, 0.2) is 162 Å². The zero-order chi connectivity index (χ0) is 30.6. The van der Waals surface area contributed by atoms with E-state index in [1.165, 1.54) is 71.2 Å². The van der Waals surface area contributed by atoms with Gasteiger partial charge in [-0.15, -0.1) is 0 Å². The van der Waals surface area contributed by atoms with Crippen molar-refractivity contribution in [2.24, 2.45) is 0 Å². The monoisotopic (exact) mass is 598 g/mol. The molecule has 3 aromatic heterocycles. The van der Waals surface area contributed by atoms with Crippen LogP contribution in [-0.4, -0.2) is 9.13 Å².